The first kappa shape index (κ1) is 15.4. The molecule has 1 fully saturated rings. The molecule has 0 radical (unpaired) electrons. The fraction of sp³-hybridized carbons (Fsp3) is 0.625. The molecule has 1 aliphatic heterocycles. The third-order valence-corrected chi connectivity index (χ3v) is 4.15. The SMILES string of the molecule is CNCC(C)(CN1CCOCC1CO)c1ccccc1. The fourth-order valence-electron chi connectivity index (χ4n) is 2.99. The maximum absolute atomic E-state index is 9.52. The maximum Gasteiger partial charge on any atom is 0.0644 e. The number of morpholine rings is 1. The normalized spacial score (nSPS) is 23.4. The van der Waals surface area contributed by atoms with E-state index in [-0.39, 0.29) is 18.1 Å². The monoisotopic (exact) mass is 278 g/mol. The van der Waals surface area contributed by atoms with Crippen LogP contribution in [0.2, 0.25) is 0 Å². The zero-order valence-electron chi connectivity index (χ0n) is 12.5. The van der Waals surface area contributed by atoms with Gasteiger partial charge >= 0.3 is 0 Å². The van der Waals surface area contributed by atoms with Crippen LogP contribution in [0.5, 0.6) is 0 Å². The summed E-state index contributed by atoms with van der Waals surface area (Å²) in [5.74, 6) is 0. The van der Waals surface area contributed by atoms with Crippen LogP contribution >= 0.6 is 0 Å². The van der Waals surface area contributed by atoms with Crippen molar-refractivity contribution in [2.75, 3.05) is 46.5 Å². The van der Waals surface area contributed by atoms with Crippen molar-refractivity contribution >= 4 is 0 Å². The van der Waals surface area contributed by atoms with E-state index in [1.165, 1.54) is 5.56 Å². The number of aliphatic hydroxyl groups excluding tert-OH is 1. The Kier molecular flexibility index (Phi) is 5.54. The van der Waals surface area contributed by atoms with Crippen molar-refractivity contribution in [3.63, 3.8) is 0 Å². The van der Waals surface area contributed by atoms with Crippen LogP contribution in [0.1, 0.15) is 12.5 Å². The smallest absolute Gasteiger partial charge is 0.0644 e. The highest BCUT2D eigenvalue weighted by Crippen LogP contribution is 2.26. The van der Waals surface area contributed by atoms with E-state index in [0.717, 1.165) is 26.2 Å². The lowest BCUT2D eigenvalue weighted by molar-refractivity contribution is -0.0353. The van der Waals surface area contributed by atoms with E-state index < -0.39 is 0 Å². The summed E-state index contributed by atoms with van der Waals surface area (Å²) < 4.78 is 5.47. The van der Waals surface area contributed by atoms with E-state index in [4.69, 9.17) is 4.74 Å². The number of rotatable bonds is 6. The highest BCUT2D eigenvalue weighted by molar-refractivity contribution is 5.25. The molecular formula is C16H26N2O2. The van der Waals surface area contributed by atoms with Gasteiger partial charge in [-0.1, -0.05) is 37.3 Å². The number of nitrogens with zero attached hydrogens (tertiary/aromatic N) is 1. The first-order chi connectivity index (χ1) is 9.69. The first-order valence-corrected chi connectivity index (χ1v) is 7.32. The molecule has 1 aromatic carbocycles. The number of aliphatic hydroxyl groups is 1. The number of hydrogen-bond donors (Lipinski definition) is 2. The topological polar surface area (TPSA) is 44.7 Å². The molecule has 2 rings (SSSR count). The molecule has 0 saturated carbocycles. The van der Waals surface area contributed by atoms with Crippen LogP contribution in [0.25, 0.3) is 0 Å². The number of likely N-dealkylation sites (N-methyl/N-ethyl adjacent to an activating group) is 1. The second-order valence-electron chi connectivity index (χ2n) is 5.84. The van der Waals surface area contributed by atoms with Gasteiger partial charge in [0.25, 0.3) is 0 Å². The summed E-state index contributed by atoms with van der Waals surface area (Å²) in [6, 6.07) is 10.7. The van der Waals surface area contributed by atoms with Crippen molar-refractivity contribution in [2.24, 2.45) is 0 Å². The molecule has 0 bridgehead atoms. The lowest BCUT2D eigenvalue weighted by Crippen LogP contribution is -2.54. The minimum Gasteiger partial charge on any atom is -0.395 e. The Morgan fingerprint density at radius 1 is 1.40 bits per heavy atom. The summed E-state index contributed by atoms with van der Waals surface area (Å²) in [5.41, 5.74) is 1.36. The van der Waals surface area contributed by atoms with Gasteiger partial charge < -0.3 is 15.2 Å². The van der Waals surface area contributed by atoms with Crippen molar-refractivity contribution < 1.29 is 9.84 Å². The Hall–Kier alpha value is -0.940. The average molecular weight is 278 g/mol. The standard InChI is InChI=1S/C16H26N2O2/c1-16(12-17-2,14-6-4-3-5-7-14)13-18-8-9-20-11-15(18)10-19/h3-7,15,17,19H,8-13H2,1-2H3. The molecule has 0 aromatic heterocycles. The zero-order valence-corrected chi connectivity index (χ0v) is 12.5. The molecule has 20 heavy (non-hydrogen) atoms. The van der Waals surface area contributed by atoms with E-state index in [9.17, 15) is 5.11 Å². The molecule has 2 unspecified atom stereocenters. The van der Waals surface area contributed by atoms with Crippen LogP contribution in [0, 0.1) is 0 Å². The van der Waals surface area contributed by atoms with Crippen molar-refractivity contribution in [3.05, 3.63) is 35.9 Å². The summed E-state index contributed by atoms with van der Waals surface area (Å²) in [6.45, 7) is 6.53. The largest absolute Gasteiger partial charge is 0.395 e. The Labute approximate surface area is 121 Å². The Bertz CT molecular complexity index is 399. The van der Waals surface area contributed by atoms with Crippen molar-refractivity contribution in [1.29, 1.82) is 0 Å². The average Bonchev–Trinajstić information content (AvgIpc) is 2.49. The Morgan fingerprint density at radius 3 is 2.80 bits per heavy atom. The number of ether oxygens (including phenoxy) is 1. The van der Waals surface area contributed by atoms with E-state index in [0.29, 0.717) is 6.61 Å². The van der Waals surface area contributed by atoms with E-state index in [1.54, 1.807) is 0 Å². The minimum atomic E-state index is 0.0285. The third kappa shape index (κ3) is 3.58. The molecule has 1 saturated heterocycles. The number of hydrogen-bond acceptors (Lipinski definition) is 4. The summed E-state index contributed by atoms with van der Waals surface area (Å²) in [4.78, 5) is 2.36. The Morgan fingerprint density at radius 2 is 2.15 bits per heavy atom. The van der Waals surface area contributed by atoms with Gasteiger partial charge in [0.15, 0.2) is 0 Å². The molecule has 1 aliphatic rings. The van der Waals surface area contributed by atoms with Gasteiger partial charge in [-0.25, -0.2) is 0 Å². The van der Waals surface area contributed by atoms with E-state index in [2.05, 4.69) is 47.5 Å². The van der Waals surface area contributed by atoms with Gasteiger partial charge in [0.2, 0.25) is 0 Å². The van der Waals surface area contributed by atoms with Crippen LogP contribution in [-0.2, 0) is 10.2 Å². The highest BCUT2D eigenvalue weighted by atomic mass is 16.5. The highest BCUT2D eigenvalue weighted by Gasteiger charge is 2.32. The fourth-order valence-corrected chi connectivity index (χ4v) is 2.99. The predicted molar refractivity (Wildman–Crippen MR) is 81.0 cm³/mol. The van der Waals surface area contributed by atoms with Gasteiger partial charge in [-0.2, -0.15) is 0 Å². The molecule has 112 valence electrons. The Balaban J connectivity index is 2.16. The summed E-state index contributed by atoms with van der Waals surface area (Å²) >= 11 is 0. The second kappa shape index (κ2) is 7.18. The van der Waals surface area contributed by atoms with E-state index >= 15 is 0 Å². The number of benzene rings is 1. The van der Waals surface area contributed by atoms with Crippen molar-refractivity contribution in [2.45, 2.75) is 18.4 Å². The molecule has 0 aliphatic carbocycles. The summed E-state index contributed by atoms with van der Waals surface area (Å²) in [5, 5.41) is 12.8. The first-order valence-electron chi connectivity index (χ1n) is 7.32. The summed E-state index contributed by atoms with van der Waals surface area (Å²) in [6.07, 6.45) is 0. The minimum absolute atomic E-state index is 0.0285. The van der Waals surface area contributed by atoms with Gasteiger partial charge in [0.05, 0.1) is 25.9 Å². The number of nitrogens with one attached hydrogen (secondary N) is 1. The molecule has 0 amide bonds. The summed E-state index contributed by atoms with van der Waals surface area (Å²) in [7, 11) is 1.99. The van der Waals surface area contributed by atoms with Gasteiger partial charge in [0, 0.05) is 25.0 Å². The lowest BCUT2D eigenvalue weighted by Gasteiger charge is -2.41. The molecular weight excluding hydrogens is 252 g/mol. The van der Waals surface area contributed by atoms with E-state index in [1.807, 2.05) is 7.05 Å². The quantitative estimate of drug-likeness (QED) is 0.810. The third-order valence-electron chi connectivity index (χ3n) is 4.15. The van der Waals surface area contributed by atoms with Gasteiger partial charge in [0.1, 0.15) is 0 Å². The van der Waals surface area contributed by atoms with Gasteiger partial charge in [-0.05, 0) is 12.6 Å². The maximum atomic E-state index is 9.52. The molecule has 2 atom stereocenters. The second-order valence-corrected chi connectivity index (χ2v) is 5.84. The van der Waals surface area contributed by atoms with Crippen LogP contribution in [0.15, 0.2) is 30.3 Å². The van der Waals surface area contributed by atoms with Gasteiger partial charge in [-0.3, -0.25) is 4.90 Å². The van der Waals surface area contributed by atoms with Crippen molar-refractivity contribution in [3.8, 4) is 0 Å². The van der Waals surface area contributed by atoms with Gasteiger partial charge in [-0.15, -0.1) is 0 Å². The van der Waals surface area contributed by atoms with Crippen LogP contribution in [0.4, 0.5) is 0 Å². The zero-order chi connectivity index (χ0) is 14.4. The lowest BCUT2D eigenvalue weighted by atomic mass is 9.81. The molecule has 1 aromatic rings. The van der Waals surface area contributed by atoms with Crippen LogP contribution in [0.3, 0.4) is 0 Å². The molecule has 0 spiro atoms. The van der Waals surface area contributed by atoms with Crippen LogP contribution in [-0.4, -0.2) is 62.6 Å². The van der Waals surface area contributed by atoms with Crippen molar-refractivity contribution in [1.82, 2.24) is 10.2 Å². The molecule has 4 nitrogen and oxygen atoms in total. The molecule has 2 N–H and O–H groups in total. The molecule has 1 heterocycles. The molecule has 4 heteroatoms. The van der Waals surface area contributed by atoms with Crippen LogP contribution < -0.4 is 5.32 Å². The predicted octanol–water partition coefficient (Wildman–Crippen LogP) is 0.857.